The van der Waals surface area contributed by atoms with Gasteiger partial charge < -0.3 is 23.7 Å². The van der Waals surface area contributed by atoms with Crippen LogP contribution in [0.15, 0.2) is 18.1 Å². The molecule has 0 amide bonds. The van der Waals surface area contributed by atoms with Gasteiger partial charge in [-0.3, -0.25) is 0 Å². The molecule has 0 saturated carbocycles. The Bertz CT molecular complexity index is 541. The van der Waals surface area contributed by atoms with Gasteiger partial charge in [0.2, 0.25) is 5.95 Å². The summed E-state index contributed by atoms with van der Waals surface area (Å²) < 4.78 is 18.1. The second kappa shape index (κ2) is 9.01. The molecule has 128 valence electrons. The maximum atomic E-state index is 11.8. The average Bonchev–Trinajstić information content (AvgIpc) is 2.98. The number of nitrogens with one attached hydrogen (secondary N) is 1. The minimum absolute atomic E-state index is 0.118. The van der Waals surface area contributed by atoms with Crippen molar-refractivity contribution in [1.29, 1.82) is 0 Å². The van der Waals surface area contributed by atoms with Gasteiger partial charge in [-0.25, -0.2) is 9.78 Å². The van der Waals surface area contributed by atoms with Crippen molar-refractivity contribution in [3.8, 4) is 0 Å². The molecule has 0 radical (unpaired) electrons. The van der Waals surface area contributed by atoms with Gasteiger partial charge in [0.05, 0.1) is 25.9 Å². The van der Waals surface area contributed by atoms with Crippen molar-refractivity contribution < 1.29 is 18.6 Å². The molecule has 2 heterocycles. The van der Waals surface area contributed by atoms with Crippen molar-refractivity contribution in [3.05, 3.63) is 23.8 Å². The van der Waals surface area contributed by atoms with Gasteiger partial charge in [0.25, 0.3) is 0 Å². The van der Waals surface area contributed by atoms with Crippen LogP contribution in [0.2, 0.25) is 0 Å². The lowest BCUT2D eigenvalue weighted by Gasteiger charge is -2.23. The predicted molar refractivity (Wildman–Crippen MR) is 89.6 cm³/mol. The highest BCUT2D eigenvalue weighted by molar-refractivity contribution is 7.50. The molecule has 0 aliphatic carbocycles. The molecule has 7 nitrogen and oxygen atoms in total. The van der Waals surface area contributed by atoms with E-state index in [2.05, 4.69) is 16.4 Å². The fourth-order valence-corrected chi connectivity index (χ4v) is 3.38. The molecule has 0 spiro atoms. The quantitative estimate of drug-likeness (QED) is 0.577. The van der Waals surface area contributed by atoms with Crippen molar-refractivity contribution in [2.75, 3.05) is 31.7 Å². The molecule has 1 aliphatic heterocycles. The Balaban J connectivity index is 2.12. The first-order chi connectivity index (χ1) is 11.2. The molecular formula is C15H24N3O4P. The molecule has 0 fully saturated rings. The van der Waals surface area contributed by atoms with Crippen LogP contribution in [0.3, 0.4) is 0 Å². The van der Waals surface area contributed by atoms with E-state index < -0.39 is 14.3 Å². The van der Waals surface area contributed by atoms with Crippen LogP contribution in [0.5, 0.6) is 0 Å². The molecule has 1 aliphatic rings. The Morgan fingerprint density at radius 2 is 2.13 bits per heavy atom. The Morgan fingerprint density at radius 3 is 2.78 bits per heavy atom. The fraction of sp³-hybridized carbons (Fsp3) is 0.600. The molecular weight excluding hydrogens is 317 g/mol. The zero-order valence-corrected chi connectivity index (χ0v) is 14.7. The van der Waals surface area contributed by atoms with Crippen LogP contribution in [0.1, 0.15) is 43.7 Å². The summed E-state index contributed by atoms with van der Waals surface area (Å²) in [6.45, 7) is 8.05. The Hall–Kier alpha value is -1.43. The van der Waals surface area contributed by atoms with E-state index in [0.717, 1.165) is 13.0 Å². The number of anilines is 1. The van der Waals surface area contributed by atoms with Gasteiger partial charge in [-0.1, -0.05) is 6.08 Å². The minimum atomic E-state index is -1.01. The van der Waals surface area contributed by atoms with Crippen molar-refractivity contribution in [3.63, 3.8) is 0 Å². The van der Waals surface area contributed by atoms with Crippen LogP contribution < -0.4 is 5.32 Å². The topological polar surface area (TPSA) is 74.6 Å². The molecule has 0 aromatic carbocycles. The van der Waals surface area contributed by atoms with Crippen LogP contribution in [-0.2, 0) is 13.8 Å². The number of hydrogen-bond donors (Lipinski definition) is 1. The van der Waals surface area contributed by atoms with Crippen LogP contribution >= 0.6 is 8.38 Å². The SMILES string of the molecule is CCOC(=O)c1cn2c(n1)NCCC2C=CP(OCC)OCC. The molecule has 1 atom stereocenters. The number of rotatable bonds is 8. The monoisotopic (exact) mass is 341 g/mol. The number of carbonyl (C=O) groups excluding carboxylic acids is 1. The standard InChI is InChI=1S/C15H24N3O4P/c1-4-20-14(19)13-11-18-12(7-9-16-15(18)17-13)8-10-23(21-5-2)22-6-3/h8,10-12H,4-7,9H2,1-3H3,(H,16,17). The highest BCUT2D eigenvalue weighted by atomic mass is 31.2. The second-order valence-electron chi connectivity index (χ2n) is 4.82. The number of ether oxygens (including phenoxy) is 1. The smallest absolute Gasteiger partial charge is 0.358 e. The highest BCUT2D eigenvalue weighted by Crippen LogP contribution is 2.41. The Labute approximate surface area is 137 Å². The van der Waals surface area contributed by atoms with E-state index >= 15 is 0 Å². The molecule has 2 rings (SSSR count). The van der Waals surface area contributed by atoms with Crippen LogP contribution in [-0.4, -0.2) is 41.9 Å². The maximum Gasteiger partial charge on any atom is 0.358 e. The number of hydrogen-bond acceptors (Lipinski definition) is 6. The number of imidazole rings is 1. The first-order valence-corrected chi connectivity index (χ1v) is 9.17. The van der Waals surface area contributed by atoms with E-state index in [-0.39, 0.29) is 6.04 Å². The predicted octanol–water partition coefficient (Wildman–Crippen LogP) is 3.32. The molecule has 0 saturated heterocycles. The third-order valence-corrected chi connectivity index (χ3v) is 4.68. The van der Waals surface area contributed by atoms with Gasteiger partial charge in [0, 0.05) is 12.7 Å². The summed E-state index contributed by atoms with van der Waals surface area (Å²) in [5, 5.41) is 3.20. The van der Waals surface area contributed by atoms with Crippen molar-refractivity contribution >= 4 is 20.3 Å². The van der Waals surface area contributed by atoms with E-state index in [1.165, 1.54) is 0 Å². The molecule has 1 N–H and O–H groups in total. The van der Waals surface area contributed by atoms with Crippen LogP contribution in [0.25, 0.3) is 0 Å². The summed E-state index contributed by atoms with van der Waals surface area (Å²) in [5.41, 5.74) is 0.325. The lowest BCUT2D eigenvalue weighted by atomic mass is 10.2. The van der Waals surface area contributed by atoms with E-state index in [4.69, 9.17) is 13.8 Å². The first kappa shape index (κ1) is 17.9. The third kappa shape index (κ3) is 4.77. The van der Waals surface area contributed by atoms with Gasteiger partial charge in [-0.05, 0) is 33.0 Å². The third-order valence-electron chi connectivity index (χ3n) is 3.24. The van der Waals surface area contributed by atoms with E-state index in [9.17, 15) is 4.79 Å². The second-order valence-corrected chi connectivity index (χ2v) is 6.21. The van der Waals surface area contributed by atoms with Crippen molar-refractivity contribution in [2.24, 2.45) is 0 Å². The summed E-state index contributed by atoms with van der Waals surface area (Å²) >= 11 is 0. The Kier molecular flexibility index (Phi) is 7.02. The summed E-state index contributed by atoms with van der Waals surface area (Å²) in [6.07, 6.45) is 4.71. The number of aromatic nitrogens is 2. The number of fused-ring (bicyclic) bond motifs is 1. The van der Waals surface area contributed by atoms with Gasteiger partial charge in [-0.15, -0.1) is 0 Å². The molecule has 23 heavy (non-hydrogen) atoms. The molecule has 1 aromatic rings. The number of esters is 1. The minimum Gasteiger partial charge on any atom is -0.461 e. The highest BCUT2D eigenvalue weighted by Gasteiger charge is 2.22. The van der Waals surface area contributed by atoms with E-state index in [1.807, 2.05) is 24.2 Å². The van der Waals surface area contributed by atoms with Gasteiger partial charge >= 0.3 is 5.97 Å². The van der Waals surface area contributed by atoms with Crippen LogP contribution in [0.4, 0.5) is 5.95 Å². The average molecular weight is 341 g/mol. The summed E-state index contributed by atoms with van der Waals surface area (Å²) in [7, 11) is -1.01. The summed E-state index contributed by atoms with van der Waals surface area (Å²) in [5.74, 6) is 2.27. The maximum absolute atomic E-state index is 11.8. The zero-order chi connectivity index (χ0) is 16.7. The van der Waals surface area contributed by atoms with Gasteiger partial charge in [0.15, 0.2) is 14.1 Å². The lowest BCUT2D eigenvalue weighted by molar-refractivity contribution is 0.0520. The summed E-state index contributed by atoms with van der Waals surface area (Å²) in [6, 6.07) is 0.118. The molecule has 1 aromatic heterocycles. The summed E-state index contributed by atoms with van der Waals surface area (Å²) in [4.78, 5) is 16.1. The Morgan fingerprint density at radius 1 is 1.39 bits per heavy atom. The van der Waals surface area contributed by atoms with E-state index in [1.54, 1.807) is 13.1 Å². The van der Waals surface area contributed by atoms with Crippen molar-refractivity contribution in [2.45, 2.75) is 33.2 Å². The number of carbonyl (C=O) groups is 1. The number of allylic oxidation sites excluding steroid dienone is 1. The zero-order valence-electron chi connectivity index (χ0n) is 13.8. The molecule has 0 bridgehead atoms. The number of nitrogens with zero attached hydrogens (tertiary/aromatic N) is 2. The first-order valence-electron chi connectivity index (χ1n) is 7.92. The molecule has 1 unspecified atom stereocenters. The van der Waals surface area contributed by atoms with E-state index in [0.29, 0.717) is 31.5 Å². The normalized spacial score (nSPS) is 17.3. The van der Waals surface area contributed by atoms with Crippen molar-refractivity contribution in [1.82, 2.24) is 9.55 Å². The fourth-order valence-electron chi connectivity index (χ4n) is 2.29. The van der Waals surface area contributed by atoms with Gasteiger partial charge in [0.1, 0.15) is 0 Å². The van der Waals surface area contributed by atoms with Gasteiger partial charge in [-0.2, -0.15) is 0 Å². The lowest BCUT2D eigenvalue weighted by Crippen LogP contribution is -2.21. The van der Waals surface area contributed by atoms with Crippen LogP contribution in [0, 0.1) is 0 Å². The largest absolute Gasteiger partial charge is 0.461 e. The molecule has 8 heteroatoms.